The van der Waals surface area contributed by atoms with Crippen LogP contribution in [0.4, 0.5) is 0 Å². The molecule has 12 rings (SSSR count). The predicted octanol–water partition coefficient (Wildman–Crippen LogP) is 15.7. The van der Waals surface area contributed by atoms with Crippen LogP contribution in [0.2, 0.25) is 0 Å². The highest BCUT2D eigenvalue weighted by molar-refractivity contribution is 7.26. The maximum absolute atomic E-state index is 5.40. The number of aromatic nitrogens is 3. The van der Waals surface area contributed by atoms with Gasteiger partial charge in [0.25, 0.3) is 0 Å². The molecule has 284 valence electrons. The van der Waals surface area contributed by atoms with E-state index in [0.29, 0.717) is 17.5 Å². The van der Waals surface area contributed by atoms with E-state index < -0.39 is 0 Å². The van der Waals surface area contributed by atoms with Crippen molar-refractivity contribution in [3.8, 4) is 67.5 Å². The minimum Gasteiger partial charge on any atom is -0.208 e. The van der Waals surface area contributed by atoms with Gasteiger partial charge in [-0.25, -0.2) is 15.0 Å². The number of rotatable bonds is 6. The van der Waals surface area contributed by atoms with Crippen molar-refractivity contribution in [3.05, 3.63) is 212 Å². The van der Waals surface area contributed by atoms with Crippen molar-refractivity contribution in [3.63, 3.8) is 0 Å². The Balaban J connectivity index is 1.10. The Kier molecular flexibility index (Phi) is 8.36. The molecule has 0 aliphatic heterocycles. The SMILES string of the molecule is c1ccc(-c2cc(-c3nc(-c4ccccc4)nc(-c4cccc5ccc(-c6c7ccccc7cc7sc8ccccc8c67)cc45)n3)cc(-c3cccc4ccccc34)c2)cc1. The van der Waals surface area contributed by atoms with Gasteiger partial charge in [-0.1, -0.05) is 176 Å². The lowest BCUT2D eigenvalue weighted by Gasteiger charge is -2.15. The zero-order valence-electron chi connectivity index (χ0n) is 33.0. The van der Waals surface area contributed by atoms with E-state index in [-0.39, 0.29) is 0 Å². The molecule has 2 aromatic heterocycles. The minimum atomic E-state index is 0.622. The lowest BCUT2D eigenvalue weighted by Crippen LogP contribution is -2.01. The van der Waals surface area contributed by atoms with Crippen LogP contribution in [0.25, 0.3) is 120 Å². The Bertz CT molecular complexity index is 3640. The van der Waals surface area contributed by atoms with Gasteiger partial charge in [0.15, 0.2) is 17.5 Å². The standard InChI is InChI=1S/C57H35N3S/c1-3-15-36(16-4-1)42-31-43(46-26-13-21-37-17-7-9-23-45(37)46)33-44(32-42)56-58-55(39-18-5-2-6-19-39)59-57(60-56)48-27-14-22-38-29-30-41(34-50(38)48)53-47-24-10-8-20-40(47)35-52-54(53)49-25-11-12-28-51(49)61-52/h1-35H. The van der Waals surface area contributed by atoms with Crippen molar-refractivity contribution in [1.82, 2.24) is 15.0 Å². The van der Waals surface area contributed by atoms with E-state index in [1.165, 1.54) is 47.3 Å². The lowest BCUT2D eigenvalue weighted by molar-refractivity contribution is 1.08. The Morgan fingerprint density at radius 3 is 1.66 bits per heavy atom. The molecule has 4 heteroatoms. The van der Waals surface area contributed by atoms with E-state index in [9.17, 15) is 0 Å². The van der Waals surface area contributed by atoms with Crippen LogP contribution in [0.5, 0.6) is 0 Å². The molecule has 2 heterocycles. The van der Waals surface area contributed by atoms with Crippen molar-refractivity contribution < 1.29 is 0 Å². The van der Waals surface area contributed by atoms with Crippen LogP contribution in [0.1, 0.15) is 0 Å². The average molecular weight is 794 g/mol. The maximum Gasteiger partial charge on any atom is 0.164 e. The van der Waals surface area contributed by atoms with Crippen LogP contribution in [0, 0.1) is 0 Å². The van der Waals surface area contributed by atoms with Crippen LogP contribution < -0.4 is 0 Å². The molecule has 3 nitrogen and oxygen atoms in total. The number of hydrogen-bond donors (Lipinski definition) is 0. The fraction of sp³-hybridized carbons (Fsp3) is 0. The number of nitrogens with zero attached hydrogens (tertiary/aromatic N) is 3. The molecule has 0 radical (unpaired) electrons. The summed E-state index contributed by atoms with van der Waals surface area (Å²) in [7, 11) is 0. The van der Waals surface area contributed by atoms with Gasteiger partial charge >= 0.3 is 0 Å². The Morgan fingerprint density at radius 2 is 0.852 bits per heavy atom. The first-order valence-corrected chi connectivity index (χ1v) is 21.4. The Labute approximate surface area is 356 Å². The fourth-order valence-corrected chi connectivity index (χ4v) is 10.2. The smallest absolute Gasteiger partial charge is 0.164 e. The Morgan fingerprint density at radius 1 is 0.279 bits per heavy atom. The topological polar surface area (TPSA) is 38.7 Å². The van der Waals surface area contributed by atoms with Gasteiger partial charge in [-0.05, 0) is 102 Å². The molecule has 10 aromatic carbocycles. The molecule has 0 bridgehead atoms. The second-order valence-corrected chi connectivity index (χ2v) is 16.6. The summed E-state index contributed by atoms with van der Waals surface area (Å²) >= 11 is 1.86. The Hall–Kier alpha value is -7.79. The molecular weight excluding hydrogens is 759 g/mol. The van der Waals surface area contributed by atoms with Gasteiger partial charge in [-0.15, -0.1) is 11.3 Å². The highest BCUT2D eigenvalue weighted by Gasteiger charge is 2.19. The van der Waals surface area contributed by atoms with Crippen LogP contribution >= 0.6 is 11.3 Å². The molecule has 0 atom stereocenters. The summed E-state index contributed by atoms with van der Waals surface area (Å²) in [5.74, 6) is 1.88. The van der Waals surface area contributed by atoms with Gasteiger partial charge in [0.2, 0.25) is 0 Å². The molecule has 0 saturated heterocycles. The van der Waals surface area contributed by atoms with Crippen molar-refractivity contribution in [2.75, 3.05) is 0 Å². The first-order valence-electron chi connectivity index (χ1n) is 20.6. The molecule has 0 saturated carbocycles. The number of thiophene rings is 1. The first-order chi connectivity index (χ1) is 30.2. The quantitative estimate of drug-likeness (QED) is 0.168. The molecule has 12 aromatic rings. The second kappa shape index (κ2) is 14.5. The van der Waals surface area contributed by atoms with Crippen LogP contribution in [-0.4, -0.2) is 15.0 Å². The third kappa shape index (κ3) is 6.16. The third-order valence-electron chi connectivity index (χ3n) is 11.9. The maximum atomic E-state index is 5.40. The number of fused-ring (bicyclic) bond motifs is 6. The molecule has 0 aliphatic rings. The van der Waals surface area contributed by atoms with Gasteiger partial charge in [0.1, 0.15) is 0 Å². The van der Waals surface area contributed by atoms with Gasteiger partial charge in [-0.3, -0.25) is 0 Å². The van der Waals surface area contributed by atoms with Crippen LogP contribution in [0.15, 0.2) is 212 Å². The predicted molar refractivity (Wildman–Crippen MR) is 258 cm³/mol. The van der Waals surface area contributed by atoms with E-state index in [1.54, 1.807) is 0 Å². The highest BCUT2D eigenvalue weighted by Crippen LogP contribution is 2.45. The molecular formula is C57H35N3S. The second-order valence-electron chi connectivity index (χ2n) is 15.5. The summed E-state index contributed by atoms with van der Waals surface area (Å²) in [6.45, 7) is 0. The molecule has 0 aliphatic carbocycles. The summed E-state index contributed by atoms with van der Waals surface area (Å²) < 4.78 is 2.58. The molecule has 0 fully saturated rings. The molecule has 0 unspecified atom stereocenters. The minimum absolute atomic E-state index is 0.622. The summed E-state index contributed by atoms with van der Waals surface area (Å²) in [4.78, 5) is 15.9. The van der Waals surface area contributed by atoms with Gasteiger partial charge < -0.3 is 0 Å². The molecule has 61 heavy (non-hydrogen) atoms. The molecule has 0 N–H and O–H groups in total. The van der Waals surface area contributed by atoms with Gasteiger partial charge in [-0.2, -0.15) is 0 Å². The van der Waals surface area contributed by atoms with E-state index in [2.05, 4.69) is 194 Å². The number of hydrogen-bond acceptors (Lipinski definition) is 4. The third-order valence-corrected chi connectivity index (χ3v) is 13.0. The lowest BCUT2D eigenvalue weighted by atomic mass is 9.91. The van der Waals surface area contributed by atoms with Crippen molar-refractivity contribution in [2.24, 2.45) is 0 Å². The van der Waals surface area contributed by atoms with Gasteiger partial charge in [0.05, 0.1) is 0 Å². The van der Waals surface area contributed by atoms with E-state index in [4.69, 9.17) is 15.0 Å². The highest BCUT2D eigenvalue weighted by atomic mass is 32.1. The summed E-state index contributed by atoms with van der Waals surface area (Å²) in [5.41, 5.74) is 9.73. The average Bonchev–Trinajstić information content (AvgIpc) is 3.71. The van der Waals surface area contributed by atoms with Crippen molar-refractivity contribution >= 4 is 63.8 Å². The van der Waals surface area contributed by atoms with Crippen LogP contribution in [-0.2, 0) is 0 Å². The largest absolute Gasteiger partial charge is 0.208 e. The fourth-order valence-electron chi connectivity index (χ4n) is 9.00. The summed E-state index contributed by atoms with van der Waals surface area (Å²) in [6, 6.07) is 75.9. The monoisotopic (exact) mass is 793 g/mol. The van der Waals surface area contributed by atoms with Crippen molar-refractivity contribution in [2.45, 2.75) is 0 Å². The van der Waals surface area contributed by atoms with E-state index in [1.807, 2.05) is 29.5 Å². The number of benzene rings is 10. The van der Waals surface area contributed by atoms with Crippen LogP contribution in [0.3, 0.4) is 0 Å². The van der Waals surface area contributed by atoms with Crippen molar-refractivity contribution in [1.29, 1.82) is 0 Å². The zero-order chi connectivity index (χ0) is 40.3. The summed E-state index contributed by atoms with van der Waals surface area (Å²) in [6.07, 6.45) is 0. The normalized spacial score (nSPS) is 11.6. The summed E-state index contributed by atoms with van der Waals surface area (Å²) in [5, 5.41) is 9.67. The first kappa shape index (κ1) is 35.2. The van der Waals surface area contributed by atoms with E-state index >= 15 is 0 Å². The van der Waals surface area contributed by atoms with Gasteiger partial charge in [0, 0.05) is 36.9 Å². The zero-order valence-corrected chi connectivity index (χ0v) is 33.8. The van der Waals surface area contributed by atoms with E-state index in [0.717, 1.165) is 55.3 Å². The molecule has 0 amide bonds. The molecule has 0 spiro atoms.